The first kappa shape index (κ1) is 20.1. The van der Waals surface area contributed by atoms with Gasteiger partial charge >= 0.3 is 6.18 Å². The number of carbonyl (C=O) groups is 1. The molecule has 0 unspecified atom stereocenters. The highest BCUT2D eigenvalue weighted by atomic mass is 35.5. The molecule has 28 heavy (non-hydrogen) atoms. The number of hydrogen-bond acceptors (Lipinski definition) is 3. The average molecular weight is 426 g/mol. The predicted octanol–water partition coefficient (Wildman–Crippen LogP) is 5.75. The quantitative estimate of drug-likeness (QED) is 0.489. The fourth-order valence-electron chi connectivity index (χ4n) is 2.68. The molecule has 2 aromatic carbocycles. The monoisotopic (exact) mass is 425 g/mol. The first-order valence-corrected chi connectivity index (χ1v) is 8.68. The Labute approximate surface area is 168 Å². The summed E-state index contributed by atoms with van der Waals surface area (Å²) in [4.78, 5) is 15.2. The van der Waals surface area contributed by atoms with Gasteiger partial charge in [-0.2, -0.15) is 18.3 Å². The summed E-state index contributed by atoms with van der Waals surface area (Å²) >= 11 is 11.7. The van der Waals surface area contributed by atoms with Crippen LogP contribution >= 0.6 is 23.2 Å². The molecule has 0 saturated carbocycles. The van der Waals surface area contributed by atoms with E-state index in [1.165, 1.54) is 47.7 Å². The molecule has 0 bridgehead atoms. The topological polar surface area (TPSA) is 47.8 Å². The van der Waals surface area contributed by atoms with Gasteiger partial charge < -0.3 is 0 Å². The van der Waals surface area contributed by atoms with Crippen LogP contribution in [0.2, 0.25) is 10.0 Å². The van der Waals surface area contributed by atoms with Gasteiger partial charge in [-0.1, -0.05) is 41.4 Å². The first-order valence-electron chi connectivity index (χ1n) is 7.93. The lowest BCUT2D eigenvalue weighted by Gasteiger charge is -2.18. The number of halogens is 5. The number of benzene rings is 2. The van der Waals surface area contributed by atoms with Crippen molar-refractivity contribution in [2.24, 2.45) is 0 Å². The second-order valence-electron chi connectivity index (χ2n) is 5.86. The van der Waals surface area contributed by atoms with Gasteiger partial charge in [0.05, 0.1) is 11.6 Å². The molecule has 0 fully saturated rings. The minimum absolute atomic E-state index is 0.0731. The number of hydrogen-bond donors (Lipinski definition) is 0. The third kappa shape index (κ3) is 4.61. The summed E-state index contributed by atoms with van der Waals surface area (Å²) in [6.07, 6.45) is 1.09. The maximum absolute atomic E-state index is 13.6. The second-order valence-corrected chi connectivity index (χ2v) is 6.73. The van der Waals surface area contributed by atoms with Crippen molar-refractivity contribution >= 4 is 35.6 Å². The Balaban J connectivity index is 1.96. The molecule has 0 spiro atoms. The molecule has 4 nitrogen and oxygen atoms in total. The molecule has 0 aliphatic carbocycles. The molecule has 0 amide bonds. The molecule has 3 rings (SSSR count). The van der Waals surface area contributed by atoms with Crippen LogP contribution in [-0.2, 0) is 0 Å². The predicted molar refractivity (Wildman–Crippen MR) is 101 cm³/mol. The highest BCUT2D eigenvalue weighted by molar-refractivity contribution is 6.34. The lowest BCUT2D eigenvalue weighted by molar-refractivity contribution is -0.139. The standard InChI is InChI=1S/C19H12Cl2F3N3O/c20-15-6-13(7-16(21)8-15)17(19(22,23)24)3-1-12-2-4-18(14(5-12)9-28)27-11-25-10-26-27/h1-11,17H/t17-/m1/s1. The van der Waals surface area contributed by atoms with E-state index in [1.54, 1.807) is 12.1 Å². The van der Waals surface area contributed by atoms with Crippen LogP contribution in [0, 0.1) is 0 Å². The van der Waals surface area contributed by atoms with Crippen LogP contribution in [0.25, 0.3) is 11.8 Å². The van der Waals surface area contributed by atoms with Crippen molar-refractivity contribution in [1.29, 1.82) is 0 Å². The van der Waals surface area contributed by atoms with E-state index < -0.39 is 12.1 Å². The molecular formula is C19H12Cl2F3N3O. The fourth-order valence-corrected chi connectivity index (χ4v) is 3.23. The summed E-state index contributed by atoms with van der Waals surface area (Å²) in [5.74, 6) is -1.90. The van der Waals surface area contributed by atoms with Crippen LogP contribution in [0.15, 0.2) is 55.1 Å². The lowest BCUT2D eigenvalue weighted by atomic mass is 9.96. The number of aldehydes is 1. The molecule has 0 saturated heterocycles. The Morgan fingerprint density at radius 2 is 1.79 bits per heavy atom. The van der Waals surface area contributed by atoms with Crippen LogP contribution in [0.4, 0.5) is 13.2 Å². The normalized spacial score (nSPS) is 13.0. The Morgan fingerprint density at radius 1 is 1.07 bits per heavy atom. The third-order valence-corrected chi connectivity index (χ3v) is 4.36. The number of aromatic nitrogens is 3. The molecule has 9 heteroatoms. The Bertz CT molecular complexity index is 998. The molecular weight excluding hydrogens is 414 g/mol. The molecule has 1 atom stereocenters. The zero-order valence-electron chi connectivity index (χ0n) is 14.1. The molecule has 0 aliphatic rings. The van der Waals surface area contributed by atoms with Gasteiger partial charge in [0.2, 0.25) is 0 Å². The van der Waals surface area contributed by atoms with Crippen LogP contribution in [0.3, 0.4) is 0 Å². The van der Waals surface area contributed by atoms with Crippen molar-refractivity contribution in [2.45, 2.75) is 12.1 Å². The molecule has 144 valence electrons. The SMILES string of the molecule is O=Cc1cc(C=C[C@H](c2cc(Cl)cc(Cl)c2)C(F)(F)F)ccc1-n1cncn1. The highest BCUT2D eigenvalue weighted by Crippen LogP contribution is 2.38. The average Bonchev–Trinajstić information content (AvgIpc) is 3.14. The van der Waals surface area contributed by atoms with Crippen molar-refractivity contribution in [3.63, 3.8) is 0 Å². The summed E-state index contributed by atoms with van der Waals surface area (Å²) in [6, 6.07) is 8.44. The number of alkyl halides is 3. The molecule has 1 aromatic heterocycles. The van der Waals surface area contributed by atoms with E-state index in [1.807, 2.05) is 0 Å². The molecule has 1 heterocycles. The summed E-state index contributed by atoms with van der Waals surface area (Å²) < 4.78 is 42.1. The lowest BCUT2D eigenvalue weighted by Crippen LogP contribution is -2.18. The third-order valence-electron chi connectivity index (χ3n) is 3.92. The van der Waals surface area contributed by atoms with Crippen molar-refractivity contribution in [3.05, 3.63) is 81.9 Å². The minimum atomic E-state index is -4.54. The van der Waals surface area contributed by atoms with Gasteiger partial charge in [0.1, 0.15) is 12.7 Å². The van der Waals surface area contributed by atoms with Crippen molar-refractivity contribution in [2.75, 3.05) is 0 Å². The van der Waals surface area contributed by atoms with E-state index in [4.69, 9.17) is 23.2 Å². The first-order chi connectivity index (χ1) is 13.3. The maximum Gasteiger partial charge on any atom is 0.399 e. The van der Waals surface area contributed by atoms with Gasteiger partial charge in [0.25, 0.3) is 0 Å². The number of nitrogens with zero attached hydrogens (tertiary/aromatic N) is 3. The number of carbonyl (C=O) groups excluding carboxylic acids is 1. The number of allylic oxidation sites excluding steroid dienone is 1. The summed E-state index contributed by atoms with van der Waals surface area (Å²) in [5, 5.41) is 4.17. The van der Waals surface area contributed by atoms with Crippen LogP contribution < -0.4 is 0 Å². The zero-order chi connectivity index (χ0) is 20.3. The van der Waals surface area contributed by atoms with Crippen LogP contribution in [0.1, 0.15) is 27.4 Å². The molecule has 0 N–H and O–H groups in total. The Kier molecular flexibility index (Phi) is 5.86. The van der Waals surface area contributed by atoms with Gasteiger partial charge in [-0.3, -0.25) is 4.79 Å². The van der Waals surface area contributed by atoms with E-state index in [-0.39, 0.29) is 21.2 Å². The molecule has 0 aliphatic heterocycles. The van der Waals surface area contributed by atoms with Crippen molar-refractivity contribution in [3.8, 4) is 5.69 Å². The summed E-state index contributed by atoms with van der Waals surface area (Å²) in [6.45, 7) is 0. The Morgan fingerprint density at radius 3 is 2.36 bits per heavy atom. The van der Waals surface area contributed by atoms with Crippen LogP contribution in [-0.4, -0.2) is 27.2 Å². The van der Waals surface area contributed by atoms with Crippen molar-refractivity contribution < 1.29 is 18.0 Å². The van der Waals surface area contributed by atoms with E-state index in [0.717, 1.165) is 6.08 Å². The van der Waals surface area contributed by atoms with E-state index in [9.17, 15) is 18.0 Å². The smallest absolute Gasteiger partial charge is 0.298 e. The molecule has 3 aromatic rings. The number of rotatable bonds is 5. The summed E-state index contributed by atoms with van der Waals surface area (Å²) in [7, 11) is 0. The zero-order valence-corrected chi connectivity index (χ0v) is 15.6. The van der Waals surface area contributed by atoms with Gasteiger partial charge in [-0.15, -0.1) is 0 Å². The highest BCUT2D eigenvalue weighted by Gasteiger charge is 2.39. The van der Waals surface area contributed by atoms with Crippen LogP contribution in [0.5, 0.6) is 0 Å². The molecule has 0 radical (unpaired) electrons. The fraction of sp³-hybridized carbons (Fsp3) is 0.105. The summed E-state index contributed by atoms with van der Waals surface area (Å²) in [5.41, 5.74) is 1.09. The van der Waals surface area contributed by atoms with Gasteiger partial charge in [0.15, 0.2) is 6.29 Å². The van der Waals surface area contributed by atoms with E-state index in [0.29, 0.717) is 17.5 Å². The largest absolute Gasteiger partial charge is 0.399 e. The Hall–Kier alpha value is -2.64. The minimum Gasteiger partial charge on any atom is -0.298 e. The second kappa shape index (κ2) is 8.16. The van der Waals surface area contributed by atoms with E-state index in [2.05, 4.69) is 10.1 Å². The van der Waals surface area contributed by atoms with Crippen molar-refractivity contribution in [1.82, 2.24) is 14.8 Å². The van der Waals surface area contributed by atoms with Gasteiger partial charge in [-0.05, 0) is 41.5 Å². The van der Waals surface area contributed by atoms with Gasteiger partial charge in [0, 0.05) is 15.6 Å². The van der Waals surface area contributed by atoms with Gasteiger partial charge in [-0.25, -0.2) is 9.67 Å². The van der Waals surface area contributed by atoms with E-state index >= 15 is 0 Å². The maximum atomic E-state index is 13.6.